The normalized spacial score (nSPS) is 19.1. The molecule has 0 bridgehead atoms. The highest BCUT2D eigenvalue weighted by Gasteiger charge is 2.29. The molecule has 0 atom stereocenters. The second kappa shape index (κ2) is 6.56. The standard InChI is InChI=1S/C17H24N5O/c1-3-10-21(11-4-1)17(22-12-5-2-6-13-22)23-15-9-7-8-14-16(15)19-20-18-14/h7-9H,1-6,10-13H2,(H,18,19,20)/q+1. The maximum atomic E-state index is 6.41. The van der Waals surface area contributed by atoms with Gasteiger partial charge in [-0.2, -0.15) is 15.4 Å². The van der Waals surface area contributed by atoms with Crippen molar-refractivity contribution >= 4 is 17.1 Å². The van der Waals surface area contributed by atoms with Gasteiger partial charge in [0.25, 0.3) is 0 Å². The first kappa shape index (κ1) is 14.5. The molecule has 0 radical (unpaired) electrons. The van der Waals surface area contributed by atoms with Crippen molar-refractivity contribution in [2.75, 3.05) is 26.2 Å². The molecule has 3 heterocycles. The van der Waals surface area contributed by atoms with E-state index in [2.05, 4.69) is 24.9 Å². The van der Waals surface area contributed by atoms with Crippen LogP contribution in [0.5, 0.6) is 5.75 Å². The number of rotatable bonds is 1. The number of H-pyrrole nitrogens is 1. The lowest BCUT2D eigenvalue weighted by Crippen LogP contribution is -2.46. The van der Waals surface area contributed by atoms with E-state index >= 15 is 0 Å². The van der Waals surface area contributed by atoms with Crippen molar-refractivity contribution in [2.45, 2.75) is 38.5 Å². The number of amidine groups is 1. The molecule has 23 heavy (non-hydrogen) atoms. The molecular formula is C17H24N5O+. The lowest BCUT2D eigenvalue weighted by atomic mass is 10.1. The number of para-hydroxylation sites is 1. The maximum Gasteiger partial charge on any atom is 0.451 e. The molecule has 6 heteroatoms. The minimum absolute atomic E-state index is 0.794. The maximum absolute atomic E-state index is 6.41. The zero-order chi connectivity index (χ0) is 15.5. The van der Waals surface area contributed by atoms with E-state index in [1.807, 2.05) is 18.2 Å². The highest BCUT2D eigenvalue weighted by molar-refractivity contribution is 5.84. The van der Waals surface area contributed by atoms with Crippen molar-refractivity contribution in [3.05, 3.63) is 18.2 Å². The monoisotopic (exact) mass is 314 g/mol. The minimum Gasteiger partial charge on any atom is -0.390 e. The van der Waals surface area contributed by atoms with Crippen LogP contribution in [0.1, 0.15) is 38.5 Å². The summed E-state index contributed by atoms with van der Waals surface area (Å²) in [5.41, 5.74) is 1.65. The molecule has 2 fully saturated rings. The van der Waals surface area contributed by atoms with E-state index in [0.717, 1.165) is 49.0 Å². The van der Waals surface area contributed by atoms with Crippen molar-refractivity contribution in [3.8, 4) is 5.75 Å². The van der Waals surface area contributed by atoms with Crippen LogP contribution in [0.15, 0.2) is 18.2 Å². The Balaban J connectivity index is 1.68. The summed E-state index contributed by atoms with van der Waals surface area (Å²) >= 11 is 0. The van der Waals surface area contributed by atoms with Crippen LogP contribution in [0.25, 0.3) is 11.0 Å². The minimum atomic E-state index is 0.794. The number of hydrogen-bond acceptors (Lipinski definition) is 3. The number of nitrogens with one attached hydrogen (secondary N) is 1. The Bertz CT molecular complexity index is 694. The fourth-order valence-corrected chi connectivity index (χ4v) is 3.52. The van der Waals surface area contributed by atoms with Crippen LogP contribution in [0.3, 0.4) is 0 Å². The summed E-state index contributed by atoms with van der Waals surface area (Å²) in [4.78, 5) is 2.41. The molecule has 4 rings (SSSR count). The molecule has 0 unspecified atom stereocenters. The fourth-order valence-electron chi connectivity index (χ4n) is 3.52. The summed E-state index contributed by atoms with van der Waals surface area (Å²) in [6, 6.07) is 6.93. The highest BCUT2D eigenvalue weighted by atomic mass is 16.5. The van der Waals surface area contributed by atoms with Crippen molar-refractivity contribution in [1.29, 1.82) is 0 Å². The number of hydrogen-bond donors (Lipinski definition) is 1. The molecule has 0 spiro atoms. The Morgan fingerprint density at radius 1 is 1.00 bits per heavy atom. The Morgan fingerprint density at radius 3 is 2.61 bits per heavy atom. The molecule has 0 aliphatic carbocycles. The van der Waals surface area contributed by atoms with Crippen molar-refractivity contribution in [3.63, 3.8) is 0 Å². The Kier molecular flexibility index (Phi) is 4.13. The topological polar surface area (TPSA) is 57.0 Å². The van der Waals surface area contributed by atoms with E-state index in [-0.39, 0.29) is 0 Å². The van der Waals surface area contributed by atoms with Crippen LogP contribution in [0, 0.1) is 0 Å². The SMILES string of the molecule is c1cc(OC(N2CCCCC2)=[N+]2CCCCC2)c2n[nH]nc2c1. The average molecular weight is 314 g/mol. The number of benzene rings is 1. The first-order valence-electron chi connectivity index (χ1n) is 8.76. The predicted octanol–water partition coefficient (Wildman–Crippen LogP) is 2.38. The third kappa shape index (κ3) is 3.02. The number of nitrogens with zero attached hydrogens (tertiary/aromatic N) is 4. The molecule has 1 aromatic carbocycles. The van der Waals surface area contributed by atoms with Gasteiger partial charge in [0.15, 0.2) is 11.3 Å². The largest absolute Gasteiger partial charge is 0.451 e. The fraction of sp³-hybridized carbons (Fsp3) is 0.588. The van der Waals surface area contributed by atoms with Gasteiger partial charge in [-0.1, -0.05) is 6.07 Å². The van der Waals surface area contributed by atoms with E-state index < -0.39 is 0 Å². The van der Waals surface area contributed by atoms with E-state index in [1.165, 1.54) is 38.5 Å². The van der Waals surface area contributed by atoms with Crippen LogP contribution >= 0.6 is 0 Å². The molecule has 2 aliphatic heterocycles. The summed E-state index contributed by atoms with van der Waals surface area (Å²) < 4.78 is 8.82. The predicted molar refractivity (Wildman–Crippen MR) is 88.8 cm³/mol. The van der Waals surface area contributed by atoms with Crippen molar-refractivity contribution in [2.24, 2.45) is 0 Å². The zero-order valence-corrected chi connectivity index (χ0v) is 13.5. The molecule has 0 saturated carbocycles. The van der Waals surface area contributed by atoms with Crippen LogP contribution in [-0.4, -0.2) is 57.1 Å². The van der Waals surface area contributed by atoms with Crippen LogP contribution in [-0.2, 0) is 0 Å². The molecule has 2 aromatic rings. The summed E-state index contributed by atoms with van der Waals surface area (Å²) in [6.07, 6.45) is 7.62. The second-order valence-electron chi connectivity index (χ2n) is 6.43. The zero-order valence-electron chi connectivity index (χ0n) is 13.5. The Labute approximate surface area is 136 Å². The van der Waals surface area contributed by atoms with Gasteiger partial charge in [-0.05, 0) is 50.7 Å². The van der Waals surface area contributed by atoms with E-state index in [9.17, 15) is 0 Å². The molecule has 1 N–H and O–H groups in total. The van der Waals surface area contributed by atoms with Gasteiger partial charge in [0.2, 0.25) is 0 Å². The third-order valence-electron chi connectivity index (χ3n) is 4.76. The molecule has 0 amide bonds. The van der Waals surface area contributed by atoms with Crippen molar-refractivity contribution in [1.82, 2.24) is 20.3 Å². The molecule has 122 valence electrons. The number of aromatic nitrogens is 3. The smallest absolute Gasteiger partial charge is 0.390 e. The van der Waals surface area contributed by atoms with E-state index in [4.69, 9.17) is 4.74 Å². The summed E-state index contributed by atoms with van der Waals surface area (Å²) in [5.74, 6) is 0.794. The van der Waals surface area contributed by atoms with Gasteiger partial charge in [-0.3, -0.25) is 0 Å². The third-order valence-corrected chi connectivity index (χ3v) is 4.76. The van der Waals surface area contributed by atoms with Gasteiger partial charge in [0, 0.05) is 0 Å². The molecular weight excluding hydrogens is 290 g/mol. The van der Waals surface area contributed by atoms with Crippen LogP contribution in [0.4, 0.5) is 0 Å². The lowest BCUT2D eigenvalue weighted by molar-refractivity contribution is -0.549. The molecule has 1 aromatic heterocycles. The number of aromatic amines is 1. The van der Waals surface area contributed by atoms with Gasteiger partial charge in [0.1, 0.15) is 5.52 Å². The highest BCUT2D eigenvalue weighted by Crippen LogP contribution is 2.23. The number of fused-ring (bicyclic) bond motifs is 1. The van der Waals surface area contributed by atoms with Crippen LogP contribution < -0.4 is 4.74 Å². The van der Waals surface area contributed by atoms with E-state index in [0.29, 0.717) is 0 Å². The summed E-state index contributed by atoms with van der Waals surface area (Å²) in [5, 5.41) is 11.1. The first-order valence-corrected chi connectivity index (χ1v) is 8.76. The molecule has 2 saturated heterocycles. The molecule has 2 aliphatic rings. The first-order chi connectivity index (χ1) is 11.4. The molecule has 6 nitrogen and oxygen atoms in total. The van der Waals surface area contributed by atoms with Gasteiger partial charge >= 0.3 is 6.02 Å². The van der Waals surface area contributed by atoms with Gasteiger partial charge in [0.05, 0.1) is 26.2 Å². The average Bonchev–Trinajstić information content (AvgIpc) is 3.11. The number of likely N-dealkylation sites (tertiary alicyclic amines) is 1. The summed E-state index contributed by atoms with van der Waals surface area (Å²) in [6.45, 7) is 4.34. The van der Waals surface area contributed by atoms with Gasteiger partial charge in [-0.15, -0.1) is 0 Å². The van der Waals surface area contributed by atoms with Crippen molar-refractivity contribution < 1.29 is 9.31 Å². The second-order valence-corrected chi connectivity index (χ2v) is 6.43. The Morgan fingerprint density at radius 2 is 1.78 bits per heavy atom. The summed E-state index contributed by atoms with van der Waals surface area (Å²) in [7, 11) is 0. The van der Waals surface area contributed by atoms with E-state index in [1.54, 1.807) is 0 Å². The van der Waals surface area contributed by atoms with Gasteiger partial charge < -0.3 is 4.74 Å². The lowest BCUT2D eigenvalue weighted by Gasteiger charge is -2.26. The Hall–Kier alpha value is -2.11. The quantitative estimate of drug-likeness (QED) is 0.648. The number of ether oxygens (including phenoxy) is 1. The van der Waals surface area contributed by atoms with Crippen LogP contribution in [0.2, 0.25) is 0 Å². The number of piperidine rings is 2. The van der Waals surface area contributed by atoms with Gasteiger partial charge in [-0.25, -0.2) is 9.48 Å².